The zero-order valence-corrected chi connectivity index (χ0v) is 9.77. The summed E-state index contributed by atoms with van der Waals surface area (Å²) in [4.78, 5) is 22.6. The topological polar surface area (TPSA) is 67.5 Å². The standard InChI is InChI=1S/C13H7F3O4/c14-13(15,16)8-4-2-1-3-7(8)11(17)9-5-6-10(20-9)12(18)19/h1-6H,(H,18,19). The minimum absolute atomic E-state index is 0.459. The Morgan fingerprint density at radius 3 is 2.15 bits per heavy atom. The van der Waals surface area contributed by atoms with Gasteiger partial charge in [0.1, 0.15) is 0 Å². The quantitative estimate of drug-likeness (QED) is 0.879. The van der Waals surface area contributed by atoms with Crippen LogP contribution in [0.4, 0.5) is 13.2 Å². The molecule has 0 fully saturated rings. The Labute approximate surface area is 110 Å². The van der Waals surface area contributed by atoms with E-state index in [1.54, 1.807) is 0 Å². The Hall–Kier alpha value is -2.57. The van der Waals surface area contributed by atoms with Gasteiger partial charge in [-0.2, -0.15) is 13.2 Å². The van der Waals surface area contributed by atoms with Crippen LogP contribution in [0.3, 0.4) is 0 Å². The van der Waals surface area contributed by atoms with Crippen LogP contribution in [0, 0.1) is 0 Å². The van der Waals surface area contributed by atoms with Gasteiger partial charge in [0, 0.05) is 5.56 Å². The summed E-state index contributed by atoms with van der Waals surface area (Å²) in [7, 11) is 0. The zero-order valence-electron chi connectivity index (χ0n) is 9.77. The number of rotatable bonds is 3. The van der Waals surface area contributed by atoms with Crippen molar-refractivity contribution in [2.45, 2.75) is 6.18 Å². The van der Waals surface area contributed by atoms with Gasteiger partial charge in [0.25, 0.3) is 0 Å². The van der Waals surface area contributed by atoms with E-state index >= 15 is 0 Å². The molecule has 0 amide bonds. The van der Waals surface area contributed by atoms with Crippen LogP contribution in [-0.2, 0) is 6.18 Å². The Morgan fingerprint density at radius 2 is 1.60 bits per heavy atom. The molecule has 1 N–H and O–H groups in total. The van der Waals surface area contributed by atoms with Crippen LogP contribution < -0.4 is 0 Å². The molecular formula is C13H7F3O4. The summed E-state index contributed by atoms with van der Waals surface area (Å²) in [6.07, 6.45) is -4.69. The first-order chi connectivity index (χ1) is 9.30. The first-order valence-electron chi connectivity index (χ1n) is 5.35. The van der Waals surface area contributed by atoms with Crippen molar-refractivity contribution in [1.29, 1.82) is 0 Å². The average Bonchev–Trinajstić information content (AvgIpc) is 2.86. The molecule has 0 saturated heterocycles. The first kappa shape index (κ1) is 13.9. The lowest BCUT2D eigenvalue weighted by Crippen LogP contribution is -2.13. The minimum Gasteiger partial charge on any atom is -0.475 e. The number of furan rings is 1. The van der Waals surface area contributed by atoms with Crippen LogP contribution in [0.15, 0.2) is 40.8 Å². The Bertz CT molecular complexity index is 670. The average molecular weight is 284 g/mol. The van der Waals surface area contributed by atoms with Crippen molar-refractivity contribution in [3.05, 3.63) is 59.0 Å². The Morgan fingerprint density at radius 1 is 1.00 bits per heavy atom. The van der Waals surface area contributed by atoms with Gasteiger partial charge >= 0.3 is 12.1 Å². The SMILES string of the molecule is O=C(O)c1ccc(C(=O)c2ccccc2C(F)(F)F)o1. The second-order valence-corrected chi connectivity index (χ2v) is 3.84. The van der Waals surface area contributed by atoms with Crippen LogP contribution in [0.25, 0.3) is 0 Å². The summed E-state index contributed by atoms with van der Waals surface area (Å²) in [5, 5.41) is 8.65. The van der Waals surface area contributed by atoms with Crippen molar-refractivity contribution in [2.75, 3.05) is 0 Å². The molecule has 20 heavy (non-hydrogen) atoms. The number of alkyl halides is 3. The van der Waals surface area contributed by atoms with Gasteiger partial charge in [0.15, 0.2) is 5.76 Å². The second kappa shape index (κ2) is 4.84. The van der Waals surface area contributed by atoms with Gasteiger partial charge in [0.2, 0.25) is 11.5 Å². The van der Waals surface area contributed by atoms with Crippen molar-refractivity contribution in [3.63, 3.8) is 0 Å². The third kappa shape index (κ3) is 2.56. The number of hydrogen-bond donors (Lipinski definition) is 1. The summed E-state index contributed by atoms with van der Waals surface area (Å²) < 4.78 is 43.1. The molecule has 104 valence electrons. The first-order valence-corrected chi connectivity index (χ1v) is 5.35. The second-order valence-electron chi connectivity index (χ2n) is 3.84. The molecule has 1 aromatic carbocycles. The van der Waals surface area contributed by atoms with Gasteiger partial charge in [-0.25, -0.2) is 4.79 Å². The molecule has 0 atom stereocenters. The lowest BCUT2D eigenvalue weighted by Gasteiger charge is -2.10. The number of carboxylic acid groups (broad SMARTS) is 1. The van der Waals surface area contributed by atoms with Crippen molar-refractivity contribution < 1.29 is 32.3 Å². The maximum Gasteiger partial charge on any atom is 0.417 e. The van der Waals surface area contributed by atoms with Crippen molar-refractivity contribution in [3.8, 4) is 0 Å². The molecule has 2 rings (SSSR count). The number of carboxylic acids is 1. The molecule has 0 bridgehead atoms. The van der Waals surface area contributed by atoms with Crippen LogP contribution >= 0.6 is 0 Å². The Balaban J connectivity index is 2.46. The smallest absolute Gasteiger partial charge is 0.417 e. The summed E-state index contributed by atoms with van der Waals surface area (Å²) in [5.74, 6) is -3.41. The van der Waals surface area contributed by atoms with E-state index in [-0.39, 0.29) is 0 Å². The van der Waals surface area contributed by atoms with Crippen LogP contribution in [0.5, 0.6) is 0 Å². The fourth-order valence-corrected chi connectivity index (χ4v) is 1.64. The van der Waals surface area contributed by atoms with Crippen LogP contribution in [-0.4, -0.2) is 16.9 Å². The molecule has 2 aromatic rings. The van der Waals surface area contributed by atoms with E-state index in [1.165, 1.54) is 6.07 Å². The zero-order chi connectivity index (χ0) is 14.9. The van der Waals surface area contributed by atoms with E-state index in [2.05, 4.69) is 0 Å². The third-order valence-corrected chi connectivity index (χ3v) is 2.52. The van der Waals surface area contributed by atoms with E-state index in [1.807, 2.05) is 0 Å². The number of ketones is 1. The van der Waals surface area contributed by atoms with Crippen molar-refractivity contribution in [1.82, 2.24) is 0 Å². The molecule has 0 aliphatic rings. The Kier molecular flexibility index (Phi) is 3.35. The lowest BCUT2D eigenvalue weighted by molar-refractivity contribution is -0.137. The predicted octanol–water partition coefficient (Wildman–Crippen LogP) is 3.23. The summed E-state index contributed by atoms with van der Waals surface area (Å²) in [6, 6.07) is 6.25. The highest BCUT2D eigenvalue weighted by Crippen LogP contribution is 2.33. The molecular weight excluding hydrogens is 277 g/mol. The predicted molar refractivity (Wildman–Crippen MR) is 60.5 cm³/mol. The highest BCUT2D eigenvalue weighted by atomic mass is 19.4. The molecule has 4 nitrogen and oxygen atoms in total. The number of benzene rings is 1. The summed E-state index contributed by atoms with van der Waals surface area (Å²) in [5.41, 5.74) is -1.69. The number of hydrogen-bond acceptors (Lipinski definition) is 3. The molecule has 0 saturated carbocycles. The van der Waals surface area contributed by atoms with E-state index in [4.69, 9.17) is 9.52 Å². The maximum atomic E-state index is 12.8. The van der Waals surface area contributed by atoms with Crippen molar-refractivity contribution >= 4 is 11.8 Å². The van der Waals surface area contributed by atoms with Gasteiger partial charge in [-0.3, -0.25) is 4.79 Å². The third-order valence-electron chi connectivity index (χ3n) is 2.52. The number of carbonyl (C=O) groups is 2. The molecule has 0 radical (unpaired) electrons. The van der Waals surface area contributed by atoms with E-state index < -0.39 is 40.6 Å². The van der Waals surface area contributed by atoms with Gasteiger partial charge < -0.3 is 9.52 Å². The molecule has 0 unspecified atom stereocenters. The molecule has 0 aliphatic heterocycles. The number of aromatic carboxylic acids is 1. The van der Waals surface area contributed by atoms with Gasteiger partial charge in [-0.05, 0) is 18.2 Å². The molecule has 1 aromatic heterocycles. The molecule has 1 heterocycles. The van der Waals surface area contributed by atoms with E-state index in [9.17, 15) is 22.8 Å². The molecule has 7 heteroatoms. The fraction of sp³-hybridized carbons (Fsp3) is 0.0769. The monoisotopic (exact) mass is 284 g/mol. The van der Waals surface area contributed by atoms with E-state index in [0.717, 1.165) is 30.3 Å². The largest absolute Gasteiger partial charge is 0.475 e. The van der Waals surface area contributed by atoms with Gasteiger partial charge in [0.05, 0.1) is 5.56 Å². The highest BCUT2D eigenvalue weighted by molar-refractivity contribution is 6.08. The number of carbonyl (C=O) groups excluding carboxylic acids is 1. The summed E-state index contributed by atoms with van der Waals surface area (Å²) in [6.45, 7) is 0. The number of halogens is 3. The van der Waals surface area contributed by atoms with Crippen molar-refractivity contribution in [2.24, 2.45) is 0 Å². The fourth-order valence-electron chi connectivity index (χ4n) is 1.64. The van der Waals surface area contributed by atoms with Gasteiger partial charge in [-0.15, -0.1) is 0 Å². The minimum atomic E-state index is -4.69. The maximum absolute atomic E-state index is 12.8. The molecule has 0 spiro atoms. The normalized spacial score (nSPS) is 11.3. The molecule has 0 aliphatic carbocycles. The van der Waals surface area contributed by atoms with Crippen LogP contribution in [0.2, 0.25) is 0 Å². The van der Waals surface area contributed by atoms with Crippen LogP contribution in [0.1, 0.15) is 32.2 Å². The summed E-state index contributed by atoms with van der Waals surface area (Å²) >= 11 is 0. The highest BCUT2D eigenvalue weighted by Gasteiger charge is 2.35. The van der Waals surface area contributed by atoms with Gasteiger partial charge in [-0.1, -0.05) is 18.2 Å². The lowest BCUT2D eigenvalue weighted by atomic mass is 10.0. The van der Waals surface area contributed by atoms with E-state index in [0.29, 0.717) is 0 Å².